The molecule has 0 spiro atoms. The molecule has 1 fully saturated rings. The predicted octanol–water partition coefficient (Wildman–Crippen LogP) is 3.15. The van der Waals surface area contributed by atoms with E-state index in [0.717, 1.165) is 37.6 Å². The van der Waals surface area contributed by atoms with E-state index in [4.69, 9.17) is 4.74 Å². The summed E-state index contributed by atoms with van der Waals surface area (Å²) in [5.74, 6) is 1.82. The molecule has 1 aromatic heterocycles. The topological polar surface area (TPSA) is 58.5 Å². The fraction of sp³-hybridized carbons (Fsp3) is 0.500. The Morgan fingerprint density at radius 2 is 2.12 bits per heavy atom. The van der Waals surface area contributed by atoms with Crippen molar-refractivity contribution in [3.8, 4) is 5.75 Å². The second kappa shape index (κ2) is 8.54. The highest BCUT2D eigenvalue weighted by Gasteiger charge is 2.46. The number of rotatable bonds is 8. The summed E-state index contributed by atoms with van der Waals surface area (Å²) < 4.78 is 5.55. The van der Waals surface area contributed by atoms with E-state index in [1.807, 2.05) is 25.4 Å². The molecule has 1 aliphatic rings. The fourth-order valence-corrected chi connectivity index (χ4v) is 4.03. The predicted molar refractivity (Wildman–Crippen MR) is 108 cm³/mol. The number of aryl methyl sites for hydroxylation is 1. The van der Waals surface area contributed by atoms with Crippen molar-refractivity contribution in [2.24, 2.45) is 4.99 Å². The van der Waals surface area contributed by atoms with Crippen molar-refractivity contribution < 1.29 is 4.74 Å². The molecule has 0 bridgehead atoms. The molecule has 6 heteroatoms. The number of benzene rings is 1. The minimum absolute atomic E-state index is 0.162. The first kappa shape index (κ1) is 18.7. The van der Waals surface area contributed by atoms with Crippen molar-refractivity contribution >= 4 is 17.3 Å². The first-order chi connectivity index (χ1) is 12.7. The molecule has 3 rings (SSSR count). The molecule has 1 aliphatic carbocycles. The van der Waals surface area contributed by atoms with Crippen molar-refractivity contribution in [2.45, 2.75) is 38.0 Å². The van der Waals surface area contributed by atoms with Crippen LogP contribution in [0.1, 0.15) is 35.2 Å². The third kappa shape index (κ3) is 4.36. The van der Waals surface area contributed by atoms with Crippen molar-refractivity contribution in [1.29, 1.82) is 0 Å². The lowest BCUT2D eigenvalue weighted by Gasteiger charge is -2.21. The number of para-hydroxylation sites is 1. The standard InChI is InChI=1S/C20H28N4OS/c1-4-15-13-23-18(26-15)9-12-22-19(21-2)24-14-20(10-11-20)16-7-5-6-8-17(16)25-3/h5-8,13H,4,9-12,14H2,1-3H3,(H2,21,22,24). The molecule has 1 heterocycles. The Balaban J connectivity index is 1.51. The summed E-state index contributed by atoms with van der Waals surface area (Å²) in [5, 5.41) is 8.07. The average molecular weight is 373 g/mol. The van der Waals surface area contributed by atoms with Crippen LogP contribution in [-0.4, -0.2) is 38.2 Å². The first-order valence-electron chi connectivity index (χ1n) is 9.22. The van der Waals surface area contributed by atoms with E-state index in [2.05, 4.69) is 39.7 Å². The number of nitrogens with one attached hydrogen (secondary N) is 2. The van der Waals surface area contributed by atoms with Gasteiger partial charge in [-0.3, -0.25) is 4.99 Å². The summed E-state index contributed by atoms with van der Waals surface area (Å²) in [6.07, 6.45) is 6.31. The van der Waals surface area contributed by atoms with E-state index in [9.17, 15) is 0 Å². The molecule has 0 amide bonds. The molecule has 5 nitrogen and oxygen atoms in total. The summed E-state index contributed by atoms with van der Waals surface area (Å²) in [4.78, 5) is 10.2. The van der Waals surface area contributed by atoms with Crippen molar-refractivity contribution in [1.82, 2.24) is 15.6 Å². The number of methoxy groups -OCH3 is 1. The Hall–Kier alpha value is -2.08. The maximum atomic E-state index is 5.55. The Morgan fingerprint density at radius 3 is 2.77 bits per heavy atom. The van der Waals surface area contributed by atoms with E-state index in [1.165, 1.54) is 28.3 Å². The third-order valence-electron chi connectivity index (χ3n) is 4.93. The number of aliphatic imine (C=N–C) groups is 1. The van der Waals surface area contributed by atoms with Crippen molar-refractivity contribution in [2.75, 3.05) is 27.2 Å². The van der Waals surface area contributed by atoms with Crippen LogP contribution in [0.5, 0.6) is 5.75 Å². The van der Waals surface area contributed by atoms with Gasteiger partial charge in [-0.05, 0) is 25.3 Å². The fourth-order valence-electron chi connectivity index (χ4n) is 3.16. The summed E-state index contributed by atoms with van der Waals surface area (Å²) in [7, 11) is 3.56. The van der Waals surface area contributed by atoms with Gasteiger partial charge in [0, 0.05) is 48.6 Å². The lowest BCUT2D eigenvalue weighted by molar-refractivity contribution is 0.403. The summed E-state index contributed by atoms with van der Waals surface area (Å²) in [6, 6.07) is 8.33. The Morgan fingerprint density at radius 1 is 1.31 bits per heavy atom. The summed E-state index contributed by atoms with van der Waals surface area (Å²) in [5.41, 5.74) is 1.45. The lowest BCUT2D eigenvalue weighted by Crippen LogP contribution is -2.42. The number of hydrogen-bond donors (Lipinski definition) is 2. The number of guanidine groups is 1. The quantitative estimate of drug-likeness (QED) is 0.552. The summed E-state index contributed by atoms with van der Waals surface area (Å²) >= 11 is 1.80. The van der Waals surface area contributed by atoms with Crippen LogP contribution in [0.2, 0.25) is 0 Å². The monoisotopic (exact) mass is 372 g/mol. The second-order valence-electron chi connectivity index (χ2n) is 6.66. The van der Waals surface area contributed by atoms with Crippen LogP contribution in [0.15, 0.2) is 35.5 Å². The molecule has 0 aliphatic heterocycles. The van der Waals surface area contributed by atoms with Crippen LogP contribution in [0.25, 0.3) is 0 Å². The van der Waals surface area contributed by atoms with Gasteiger partial charge >= 0.3 is 0 Å². The van der Waals surface area contributed by atoms with Gasteiger partial charge in [-0.25, -0.2) is 4.98 Å². The van der Waals surface area contributed by atoms with E-state index in [1.54, 1.807) is 18.4 Å². The minimum Gasteiger partial charge on any atom is -0.496 e. The lowest BCUT2D eigenvalue weighted by atomic mass is 9.95. The molecule has 0 radical (unpaired) electrons. The van der Waals surface area contributed by atoms with E-state index in [0.29, 0.717) is 0 Å². The minimum atomic E-state index is 0.162. The van der Waals surface area contributed by atoms with Gasteiger partial charge in [0.05, 0.1) is 12.1 Å². The van der Waals surface area contributed by atoms with Crippen molar-refractivity contribution in [3.63, 3.8) is 0 Å². The van der Waals surface area contributed by atoms with Gasteiger partial charge in [0.2, 0.25) is 0 Å². The van der Waals surface area contributed by atoms with Gasteiger partial charge in [-0.15, -0.1) is 11.3 Å². The van der Waals surface area contributed by atoms with Gasteiger partial charge < -0.3 is 15.4 Å². The highest BCUT2D eigenvalue weighted by atomic mass is 32.1. The molecule has 2 aromatic rings. The van der Waals surface area contributed by atoms with E-state index in [-0.39, 0.29) is 5.41 Å². The van der Waals surface area contributed by atoms with E-state index < -0.39 is 0 Å². The molecule has 0 atom stereocenters. The number of thiazole rings is 1. The molecule has 26 heavy (non-hydrogen) atoms. The molecule has 0 saturated heterocycles. The van der Waals surface area contributed by atoms with E-state index >= 15 is 0 Å². The highest BCUT2D eigenvalue weighted by molar-refractivity contribution is 7.11. The van der Waals surface area contributed by atoms with Gasteiger partial charge in [0.25, 0.3) is 0 Å². The zero-order valence-electron chi connectivity index (χ0n) is 15.8. The largest absolute Gasteiger partial charge is 0.496 e. The zero-order valence-corrected chi connectivity index (χ0v) is 16.7. The summed E-state index contributed by atoms with van der Waals surface area (Å²) in [6.45, 7) is 3.86. The molecular formula is C20H28N4OS. The number of aromatic nitrogens is 1. The van der Waals surface area contributed by atoms with Crippen molar-refractivity contribution in [3.05, 3.63) is 45.9 Å². The second-order valence-corrected chi connectivity index (χ2v) is 7.86. The number of nitrogens with zero attached hydrogens (tertiary/aromatic N) is 2. The normalized spacial score (nSPS) is 15.6. The smallest absolute Gasteiger partial charge is 0.191 e. The Labute approximate surface area is 159 Å². The number of hydrogen-bond acceptors (Lipinski definition) is 4. The maximum absolute atomic E-state index is 5.55. The molecule has 1 saturated carbocycles. The highest BCUT2D eigenvalue weighted by Crippen LogP contribution is 2.50. The van der Waals surface area contributed by atoms with Crippen LogP contribution in [0.4, 0.5) is 0 Å². The Bertz CT molecular complexity index is 752. The van der Waals surface area contributed by atoms with Gasteiger partial charge in [0.15, 0.2) is 5.96 Å². The molecular weight excluding hydrogens is 344 g/mol. The van der Waals surface area contributed by atoms with Crippen LogP contribution >= 0.6 is 11.3 Å². The van der Waals surface area contributed by atoms with Crippen LogP contribution in [0, 0.1) is 0 Å². The number of ether oxygens (including phenoxy) is 1. The van der Waals surface area contributed by atoms with Gasteiger partial charge in [-0.2, -0.15) is 0 Å². The third-order valence-corrected chi connectivity index (χ3v) is 6.13. The van der Waals surface area contributed by atoms with Gasteiger partial charge in [-0.1, -0.05) is 25.1 Å². The average Bonchev–Trinajstić information content (AvgIpc) is 3.34. The van der Waals surface area contributed by atoms with Crippen LogP contribution in [0.3, 0.4) is 0 Å². The maximum Gasteiger partial charge on any atom is 0.191 e. The molecule has 2 N–H and O–H groups in total. The van der Waals surface area contributed by atoms with Crippen LogP contribution < -0.4 is 15.4 Å². The van der Waals surface area contributed by atoms with Crippen LogP contribution in [-0.2, 0) is 18.3 Å². The zero-order chi connectivity index (χ0) is 18.4. The molecule has 0 unspecified atom stereocenters. The SMILES string of the molecule is CCc1cnc(CCNC(=NC)NCC2(c3ccccc3OC)CC2)s1. The molecule has 140 valence electrons. The molecule has 1 aromatic carbocycles. The Kier molecular flexibility index (Phi) is 6.14. The first-order valence-corrected chi connectivity index (χ1v) is 10.0. The van der Waals surface area contributed by atoms with Gasteiger partial charge in [0.1, 0.15) is 5.75 Å².